The number of imidazole rings is 1. The number of benzene rings is 1. The summed E-state index contributed by atoms with van der Waals surface area (Å²) in [7, 11) is 0. The van der Waals surface area contributed by atoms with Gasteiger partial charge in [-0.15, -0.1) is 0 Å². The molecule has 4 aromatic rings. The summed E-state index contributed by atoms with van der Waals surface area (Å²) in [6.45, 7) is 4.15. The number of hydrogen-bond acceptors (Lipinski definition) is 7. The third-order valence-corrected chi connectivity index (χ3v) is 6.15. The van der Waals surface area contributed by atoms with Crippen LogP contribution >= 0.6 is 0 Å². The van der Waals surface area contributed by atoms with E-state index < -0.39 is 12.0 Å². The van der Waals surface area contributed by atoms with E-state index in [0.717, 1.165) is 12.8 Å². The normalized spacial score (nSPS) is 14.1. The van der Waals surface area contributed by atoms with Crippen LogP contribution in [0.3, 0.4) is 0 Å². The standard InChI is InChI=1S/C26H25N5O4/c1-3-34-26(33)16(2)31-25(32)21-7-5-4-6-20(21)22(29-31)11-19-13-30-14-23(35-15-17-8-9-17)18(12-27)10-24(30)28-19/h4-7,10,13-14,16-17H,3,8-9,11,15H2,1-2H3. The van der Waals surface area contributed by atoms with Crippen LogP contribution in [-0.2, 0) is 16.0 Å². The minimum Gasteiger partial charge on any atom is -0.490 e. The number of aromatic nitrogens is 4. The van der Waals surface area contributed by atoms with E-state index in [-0.39, 0.29) is 12.2 Å². The van der Waals surface area contributed by atoms with Gasteiger partial charge in [-0.2, -0.15) is 10.4 Å². The minimum absolute atomic E-state index is 0.219. The average Bonchev–Trinajstić information content (AvgIpc) is 3.62. The molecule has 0 aliphatic heterocycles. The lowest BCUT2D eigenvalue weighted by Crippen LogP contribution is -2.32. The maximum atomic E-state index is 13.1. The number of hydrogen-bond donors (Lipinski definition) is 0. The Morgan fingerprint density at radius 1 is 1.26 bits per heavy atom. The van der Waals surface area contributed by atoms with Crippen LogP contribution in [0, 0.1) is 17.2 Å². The Morgan fingerprint density at radius 2 is 2.03 bits per heavy atom. The Hall–Kier alpha value is -4.19. The summed E-state index contributed by atoms with van der Waals surface area (Å²) in [6, 6.07) is 10.2. The van der Waals surface area contributed by atoms with Gasteiger partial charge in [0.2, 0.25) is 0 Å². The van der Waals surface area contributed by atoms with E-state index in [9.17, 15) is 14.9 Å². The topological polar surface area (TPSA) is 112 Å². The summed E-state index contributed by atoms with van der Waals surface area (Å²) >= 11 is 0. The van der Waals surface area contributed by atoms with E-state index in [0.29, 0.717) is 58.1 Å². The van der Waals surface area contributed by atoms with E-state index in [4.69, 9.17) is 9.47 Å². The number of carbonyl (C=O) groups is 1. The lowest BCUT2D eigenvalue weighted by molar-refractivity contribution is -0.147. The van der Waals surface area contributed by atoms with Gasteiger partial charge in [-0.25, -0.2) is 14.5 Å². The molecule has 5 rings (SSSR count). The smallest absolute Gasteiger partial charge is 0.330 e. The second-order valence-corrected chi connectivity index (χ2v) is 8.76. The molecule has 0 N–H and O–H groups in total. The Morgan fingerprint density at radius 3 is 2.74 bits per heavy atom. The highest BCUT2D eigenvalue weighted by Crippen LogP contribution is 2.30. The highest BCUT2D eigenvalue weighted by Gasteiger charge is 2.23. The molecule has 1 aromatic carbocycles. The monoisotopic (exact) mass is 471 g/mol. The first-order chi connectivity index (χ1) is 17.0. The van der Waals surface area contributed by atoms with Crippen molar-refractivity contribution in [2.45, 2.75) is 39.2 Å². The molecule has 0 radical (unpaired) electrons. The molecule has 0 spiro atoms. The molecule has 1 fully saturated rings. The molecule has 1 unspecified atom stereocenters. The SMILES string of the molecule is CCOC(=O)C(C)n1nc(Cc2cn3cc(OCC4CC4)c(C#N)cc3n2)c2ccccc2c1=O. The first-order valence-electron chi connectivity index (χ1n) is 11.7. The van der Waals surface area contributed by atoms with Crippen molar-refractivity contribution >= 4 is 22.4 Å². The van der Waals surface area contributed by atoms with Gasteiger partial charge < -0.3 is 13.9 Å². The fourth-order valence-corrected chi connectivity index (χ4v) is 4.05. The van der Waals surface area contributed by atoms with Crippen LogP contribution in [0.4, 0.5) is 0 Å². The van der Waals surface area contributed by atoms with Crippen molar-refractivity contribution in [1.82, 2.24) is 19.2 Å². The number of nitrogens with zero attached hydrogens (tertiary/aromatic N) is 5. The molecule has 1 aliphatic rings. The molecule has 0 amide bonds. The minimum atomic E-state index is -0.865. The molecule has 0 saturated heterocycles. The number of ether oxygens (including phenoxy) is 2. The molecule has 0 bridgehead atoms. The van der Waals surface area contributed by atoms with Crippen LogP contribution in [0.5, 0.6) is 5.75 Å². The second-order valence-electron chi connectivity index (χ2n) is 8.76. The van der Waals surface area contributed by atoms with E-state index in [1.54, 1.807) is 38.2 Å². The zero-order valence-electron chi connectivity index (χ0n) is 19.6. The first-order valence-corrected chi connectivity index (χ1v) is 11.7. The molecule has 9 nitrogen and oxygen atoms in total. The summed E-state index contributed by atoms with van der Waals surface area (Å²) in [6.07, 6.45) is 6.30. The molecule has 1 aliphatic carbocycles. The number of carbonyl (C=O) groups excluding carboxylic acids is 1. The number of esters is 1. The van der Waals surface area contributed by atoms with Gasteiger partial charge in [0.05, 0.1) is 41.7 Å². The quantitative estimate of drug-likeness (QED) is 0.362. The fourth-order valence-electron chi connectivity index (χ4n) is 4.05. The van der Waals surface area contributed by atoms with Gasteiger partial charge in [0.25, 0.3) is 5.56 Å². The van der Waals surface area contributed by atoms with Gasteiger partial charge in [0, 0.05) is 24.1 Å². The zero-order chi connectivity index (χ0) is 24.5. The van der Waals surface area contributed by atoms with Crippen LogP contribution in [0.15, 0.2) is 47.5 Å². The number of fused-ring (bicyclic) bond motifs is 2. The predicted molar refractivity (Wildman–Crippen MR) is 128 cm³/mol. The lowest BCUT2D eigenvalue weighted by atomic mass is 10.1. The Balaban J connectivity index is 1.53. The van der Waals surface area contributed by atoms with Gasteiger partial charge >= 0.3 is 5.97 Å². The van der Waals surface area contributed by atoms with Crippen LogP contribution in [0.1, 0.15) is 49.7 Å². The van der Waals surface area contributed by atoms with Crippen molar-refractivity contribution in [2.24, 2.45) is 5.92 Å². The fraction of sp³-hybridized carbons (Fsp3) is 0.346. The summed E-state index contributed by atoms with van der Waals surface area (Å²) in [4.78, 5) is 30.1. The Bertz CT molecular complexity index is 1530. The molecule has 9 heteroatoms. The Labute approximate surface area is 201 Å². The summed E-state index contributed by atoms with van der Waals surface area (Å²) in [5.41, 5.74) is 2.03. The average molecular weight is 472 g/mol. The van der Waals surface area contributed by atoms with Crippen molar-refractivity contribution in [3.8, 4) is 11.8 Å². The van der Waals surface area contributed by atoms with E-state index in [1.165, 1.54) is 4.68 Å². The first kappa shape index (κ1) is 22.6. The number of rotatable bonds is 8. The largest absolute Gasteiger partial charge is 0.490 e. The summed E-state index contributed by atoms with van der Waals surface area (Å²) < 4.78 is 14.0. The lowest BCUT2D eigenvalue weighted by Gasteiger charge is -2.15. The summed E-state index contributed by atoms with van der Waals surface area (Å²) in [5, 5.41) is 15.3. The predicted octanol–water partition coefficient (Wildman–Crippen LogP) is 3.42. The Kier molecular flexibility index (Phi) is 5.95. The third-order valence-electron chi connectivity index (χ3n) is 6.15. The molecule has 3 aromatic heterocycles. The highest BCUT2D eigenvalue weighted by atomic mass is 16.5. The highest BCUT2D eigenvalue weighted by molar-refractivity contribution is 5.84. The molecule has 1 atom stereocenters. The van der Waals surface area contributed by atoms with Crippen molar-refractivity contribution in [3.63, 3.8) is 0 Å². The van der Waals surface area contributed by atoms with Crippen molar-refractivity contribution in [3.05, 3.63) is 70.0 Å². The van der Waals surface area contributed by atoms with Crippen molar-refractivity contribution in [2.75, 3.05) is 13.2 Å². The van der Waals surface area contributed by atoms with Gasteiger partial charge in [0.15, 0.2) is 11.8 Å². The number of pyridine rings is 1. The summed E-state index contributed by atoms with van der Waals surface area (Å²) in [5.74, 6) is 0.595. The van der Waals surface area contributed by atoms with Crippen LogP contribution in [0.25, 0.3) is 16.4 Å². The maximum absolute atomic E-state index is 13.1. The van der Waals surface area contributed by atoms with Crippen LogP contribution < -0.4 is 10.3 Å². The van der Waals surface area contributed by atoms with Crippen molar-refractivity contribution in [1.29, 1.82) is 5.26 Å². The van der Waals surface area contributed by atoms with Gasteiger partial charge in [-0.1, -0.05) is 18.2 Å². The van der Waals surface area contributed by atoms with Gasteiger partial charge in [0.1, 0.15) is 11.7 Å². The van der Waals surface area contributed by atoms with E-state index in [1.807, 2.05) is 22.7 Å². The number of nitriles is 1. The van der Waals surface area contributed by atoms with Gasteiger partial charge in [-0.05, 0) is 38.7 Å². The van der Waals surface area contributed by atoms with Crippen LogP contribution in [0.2, 0.25) is 0 Å². The van der Waals surface area contributed by atoms with Gasteiger partial charge in [-0.3, -0.25) is 4.79 Å². The van der Waals surface area contributed by atoms with Crippen LogP contribution in [-0.4, -0.2) is 38.3 Å². The van der Waals surface area contributed by atoms with E-state index in [2.05, 4.69) is 16.2 Å². The zero-order valence-corrected chi connectivity index (χ0v) is 19.6. The van der Waals surface area contributed by atoms with E-state index >= 15 is 0 Å². The van der Waals surface area contributed by atoms with Crippen molar-refractivity contribution < 1.29 is 14.3 Å². The molecular weight excluding hydrogens is 446 g/mol. The molecule has 1 saturated carbocycles. The molecular formula is C26H25N5O4. The molecule has 35 heavy (non-hydrogen) atoms. The third kappa shape index (κ3) is 4.47. The second kappa shape index (κ2) is 9.22. The maximum Gasteiger partial charge on any atom is 0.330 e. The molecule has 178 valence electrons. The molecule has 3 heterocycles.